The van der Waals surface area contributed by atoms with E-state index >= 15 is 0 Å². The van der Waals surface area contributed by atoms with Gasteiger partial charge in [-0.2, -0.15) is 0 Å². The van der Waals surface area contributed by atoms with Gasteiger partial charge < -0.3 is 10.4 Å². The van der Waals surface area contributed by atoms with Crippen molar-refractivity contribution in [3.8, 4) is 0 Å². The normalized spacial score (nSPS) is 12.4. The summed E-state index contributed by atoms with van der Waals surface area (Å²) in [4.78, 5) is 23.6. The Morgan fingerprint density at radius 3 is 2.42 bits per heavy atom. The highest BCUT2D eigenvalue weighted by atomic mass is 32.2. The van der Waals surface area contributed by atoms with Crippen LogP contribution >= 0.6 is 0 Å². The molecule has 0 aliphatic heterocycles. The lowest BCUT2D eigenvalue weighted by molar-refractivity contribution is -0.139. The standard InChI is InChI=1S/C16H24N2O5S/c1-3-5-9-14(16(20)21)17-15(19)12-8-6-7-10-13(12)18-24(22,23)11-4-2/h6-8,10,14,18H,3-5,9,11H2,1-2H3,(H,17,19)(H,20,21)/t14-/m0/s1. The Labute approximate surface area is 142 Å². The van der Waals surface area contributed by atoms with Gasteiger partial charge in [0.2, 0.25) is 10.0 Å². The molecular weight excluding hydrogens is 332 g/mol. The Morgan fingerprint density at radius 1 is 1.17 bits per heavy atom. The summed E-state index contributed by atoms with van der Waals surface area (Å²) < 4.78 is 26.2. The number of anilines is 1. The van der Waals surface area contributed by atoms with E-state index in [0.29, 0.717) is 19.3 Å². The van der Waals surface area contributed by atoms with Gasteiger partial charge in [-0.05, 0) is 25.0 Å². The number of nitrogens with one attached hydrogen (secondary N) is 2. The maximum absolute atomic E-state index is 12.4. The van der Waals surface area contributed by atoms with E-state index in [4.69, 9.17) is 0 Å². The number of amides is 1. The maximum Gasteiger partial charge on any atom is 0.326 e. The van der Waals surface area contributed by atoms with Crippen LogP contribution in [-0.2, 0) is 14.8 Å². The molecule has 0 aliphatic rings. The van der Waals surface area contributed by atoms with Gasteiger partial charge >= 0.3 is 5.97 Å². The Bertz CT molecular complexity index is 673. The number of carbonyl (C=O) groups excluding carboxylic acids is 1. The fourth-order valence-corrected chi connectivity index (χ4v) is 3.31. The minimum absolute atomic E-state index is 0.0583. The molecule has 0 aliphatic carbocycles. The van der Waals surface area contributed by atoms with Crippen LogP contribution in [0.15, 0.2) is 24.3 Å². The van der Waals surface area contributed by atoms with Crippen molar-refractivity contribution in [3.05, 3.63) is 29.8 Å². The molecule has 134 valence electrons. The second-order valence-corrected chi connectivity index (χ2v) is 7.31. The molecule has 0 heterocycles. The number of benzene rings is 1. The van der Waals surface area contributed by atoms with Gasteiger partial charge in [-0.25, -0.2) is 13.2 Å². The van der Waals surface area contributed by atoms with E-state index in [1.54, 1.807) is 19.1 Å². The number of hydrogen-bond donors (Lipinski definition) is 3. The molecule has 0 spiro atoms. The Morgan fingerprint density at radius 2 is 1.83 bits per heavy atom. The van der Waals surface area contributed by atoms with Gasteiger partial charge in [-0.3, -0.25) is 9.52 Å². The van der Waals surface area contributed by atoms with Crippen LogP contribution in [0.3, 0.4) is 0 Å². The molecule has 24 heavy (non-hydrogen) atoms. The first-order chi connectivity index (χ1) is 11.3. The smallest absolute Gasteiger partial charge is 0.326 e. The lowest BCUT2D eigenvalue weighted by Gasteiger charge is -2.16. The zero-order valence-corrected chi connectivity index (χ0v) is 14.7. The lowest BCUT2D eigenvalue weighted by Crippen LogP contribution is -2.41. The zero-order chi connectivity index (χ0) is 18.2. The molecule has 1 amide bonds. The largest absolute Gasteiger partial charge is 0.480 e. The first-order valence-corrected chi connectivity index (χ1v) is 9.59. The highest BCUT2D eigenvalue weighted by Crippen LogP contribution is 2.17. The molecule has 7 nitrogen and oxygen atoms in total. The number of rotatable bonds is 10. The minimum atomic E-state index is -3.55. The average Bonchev–Trinajstić information content (AvgIpc) is 2.50. The number of carboxylic acids is 1. The predicted molar refractivity (Wildman–Crippen MR) is 92.6 cm³/mol. The van der Waals surface area contributed by atoms with E-state index in [1.165, 1.54) is 12.1 Å². The van der Waals surface area contributed by atoms with Crippen molar-refractivity contribution in [3.63, 3.8) is 0 Å². The first kappa shape index (κ1) is 20.0. The van der Waals surface area contributed by atoms with Crippen LogP contribution < -0.4 is 10.0 Å². The number of aliphatic carboxylic acids is 1. The van der Waals surface area contributed by atoms with Crippen molar-refractivity contribution in [1.29, 1.82) is 0 Å². The van der Waals surface area contributed by atoms with Crippen LogP contribution in [0.1, 0.15) is 49.9 Å². The summed E-state index contributed by atoms with van der Waals surface area (Å²) in [6, 6.07) is 5.13. The SMILES string of the molecule is CCCC[C@H](NC(=O)c1ccccc1NS(=O)(=O)CCC)C(=O)O. The molecule has 0 fully saturated rings. The summed E-state index contributed by atoms with van der Waals surface area (Å²) >= 11 is 0. The van der Waals surface area contributed by atoms with E-state index in [1.807, 2.05) is 6.92 Å². The van der Waals surface area contributed by atoms with Gasteiger partial charge in [0.15, 0.2) is 0 Å². The van der Waals surface area contributed by atoms with E-state index in [0.717, 1.165) is 6.42 Å². The lowest BCUT2D eigenvalue weighted by atomic mass is 10.1. The van der Waals surface area contributed by atoms with Crippen LogP contribution in [0.25, 0.3) is 0 Å². The molecule has 3 N–H and O–H groups in total. The second-order valence-electron chi connectivity index (χ2n) is 5.47. The van der Waals surface area contributed by atoms with Crippen LogP contribution in [0.2, 0.25) is 0 Å². The molecule has 1 rings (SSSR count). The molecular formula is C16H24N2O5S. The summed E-state index contributed by atoms with van der Waals surface area (Å²) in [5.41, 5.74) is 0.239. The first-order valence-electron chi connectivity index (χ1n) is 7.94. The van der Waals surface area contributed by atoms with Crippen LogP contribution in [-0.4, -0.2) is 37.2 Å². The summed E-state index contributed by atoms with van der Waals surface area (Å²) in [7, 11) is -3.55. The van der Waals surface area contributed by atoms with Crippen molar-refractivity contribution in [2.24, 2.45) is 0 Å². The topological polar surface area (TPSA) is 113 Å². The van der Waals surface area contributed by atoms with E-state index < -0.39 is 27.9 Å². The van der Waals surface area contributed by atoms with Crippen molar-refractivity contribution in [2.75, 3.05) is 10.5 Å². The fraction of sp³-hybridized carbons (Fsp3) is 0.500. The molecule has 0 bridgehead atoms. The molecule has 0 saturated carbocycles. The highest BCUT2D eigenvalue weighted by molar-refractivity contribution is 7.92. The monoisotopic (exact) mass is 356 g/mol. The van der Waals surface area contributed by atoms with Gasteiger partial charge in [0.25, 0.3) is 5.91 Å². The molecule has 0 unspecified atom stereocenters. The molecule has 1 aromatic carbocycles. The maximum atomic E-state index is 12.4. The molecule has 8 heteroatoms. The summed E-state index contributed by atoms with van der Waals surface area (Å²) in [6.45, 7) is 3.67. The van der Waals surface area contributed by atoms with E-state index in [2.05, 4.69) is 10.0 Å². The third-order valence-corrected chi connectivity index (χ3v) is 4.84. The van der Waals surface area contributed by atoms with Gasteiger partial charge in [0.1, 0.15) is 6.04 Å². The van der Waals surface area contributed by atoms with E-state index in [-0.39, 0.29) is 17.0 Å². The van der Waals surface area contributed by atoms with Gasteiger partial charge in [0.05, 0.1) is 17.0 Å². The van der Waals surface area contributed by atoms with Crippen molar-refractivity contribution in [2.45, 2.75) is 45.6 Å². The number of para-hydroxylation sites is 1. The Balaban J connectivity index is 2.96. The number of sulfonamides is 1. The predicted octanol–water partition coefficient (Wildman–Crippen LogP) is 2.21. The highest BCUT2D eigenvalue weighted by Gasteiger charge is 2.22. The summed E-state index contributed by atoms with van der Waals surface area (Å²) in [5, 5.41) is 11.6. The van der Waals surface area contributed by atoms with Crippen molar-refractivity contribution in [1.82, 2.24) is 5.32 Å². The Hall–Kier alpha value is -2.09. The zero-order valence-electron chi connectivity index (χ0n) is 13.9. The third-order valence-electron chi connectivity index (χ3n) is 3.36. The molecule has 0 saturated heterocycles. The quantitative estimate of drug-likeness (QED) is 0.595. The van der Waals surface area contributed by atoms with E-state index in [9.17, 15) is 23.1 Å². The van der Waals surface area contributed by atoms with Crippen LogP contribution in [0.5, 0.6) is 0 Å². The third kappa shape index (κ3) is 6.19. The number of carbonyl (C=O) groups is 2. The van der Waals surface area contributed by atoms with Gasteiger partial charge in [-0.1, -0.05) is 38.8 Å². The van der Waals surface area contributed by atoms with Crippen molar-refractivity contribution >= 4 is 27.6 Å². The number of carboxylic acid groups (broad SMARTS) is 1. The molecule has 0 radical (unpaired) electrons. The van der Waals surface area contributed by atoms with Gasteiger partial charge in [-0.15, -0.1) is 0 Å². The summed E-state index contributed by atoms with van der Waals surface area (Å²) in [6.07, 6.45) is 2.25. The fourth-order valence-electron chi connectivity index (χ4n) is 2.16. The number of unbranched alkanes of at least 4 members (excludes halogenated alkanes) is 1. The average molecular weight is 356 g/mol. The minimum Gasteiger partial charge on any atom is -0.480 e. The molecule has 0 aromatic heterocycles. The van der Waals surface area contributed by atoms with Crippen LogP contribution in [0.4, 0.5) is 5.69 Å². The van der Waals surface area contributed by atoms with Gasteiger partial charge in [0, 0.05) is 0 Å². The van der Waals surface area contributed by atoms with Crippen LogP contribution in [0, 0.1) is 0 Å². The molecule has 1 atom stereocenters. The molecule has 1 aromatic rings. The number of hydrogen-bond acceptors (Lipinski definition) is 4. The van der Waals surface area contributed by atoms with Crippen molar-refractivity contribution < 1.29 is 23.1 Å². The summed E-state index contributed by atoms with van der Waals surface area (Å²) in [5.74, 6) is -1.79. The second kappa shape index (κ2) is 9.27. The Kier molecular flexibility index (Phi) is 7.70.